The molecule has 1 fully saturated rings. The fourth-order valence-electron chi connectivity index (χ4n) is 2.02. The predicted molar refractivity (Wildman–Crippen MR) is 60.8 cm³/mol. The van der Waals surface area contributed by atoms with E-state index in [0.717, 1.165) is 5.11 Å². The van der Waals surface area contributed by atoms with Crippen molar-refractivity contribution in [3.63, 3.8) is 0 Å². The predicted octanol–water partition coefficient (Wildman–Crippen LogP) is 2.05. The molecular weight excluding hydrogens is 180 g/mol. The summed E-state index contributed by atoms with van der Waals surface area (Å²) in [6.45, 7) is 4.59. The summed E-state index contributed by atoms with van der Waals surface area (Å²) < 4.78 is 0. The second-order valence-corrected chi connectivity index (χ2v) is 4.68. The summed E-state index contributed by atoms with van der Waals surface area (Å²) in [5, 5.41) is 7.17. The molecule has 1 aliphatic carbocycles. The van der Waals surface area contributed by atoms with Crippen LogP contribution in [0.2, 0.25) is 0 Å². The molecule has 2 N–H and O–H groups in total. The molecule has 0 radical (unpaired) electrons. The van der Waals surface area contributed by atoms with Gasteiger partial charge in [-0.25, -0.2) is 0 Å². The molecule has 0 spiro atoms. The molecule has 2 nitrogen and oxygen atoms in total. The van der Waals surface area contributed by atoms with E-state index in [-0.39, 0.29) is 5.54 Å². The van der Waals surface area contributed by atoms with Gasteiger partial charge in [0.15, 0.2) is 5.11 Å². The van der Waals surface area contributed by atoms with Crippen molar-refractivity contribution >= 4 is 17.3 Å². The molecule has 1 saturated carbocycles. The molecule has 0 amide bonds. The highest BCUT2D eigenvalue weighted by molar-refractivity contribution is 7.80. The van der Waals surface area contributed by atoms with Crippen LogP contribution in [0.3, 0.4) is 0 Å². The third kappa shape index (κ3) is 2.56. The van der Waals surface area contributed by atoms with Crippen LogP contribution < -0.4 is 10.6 Å². The van der Waals surface area contributed by atoms with Crippen molar-refractivity contribution in [1.82, 2.24) is 10.6 Å². The average molecular weight is 200 g/mol. The lowest BCUT2D eigenvalue weighted by molar-refractivity contribution is 0.201. The zero-order valence-corrected chi connectivity index (χ0v) is 9.63. The highest BCUT2D eigenvalue weighted by Gasteiger charge is 2.33. The van der Waals surface area contributed by atoms with Crippen LogP contribution >= 0.6 is 12.2 Å². The van der Waals surface area contributed by atoms with Crippen molar-refractivity contribution in [2.75, 3.05) is 7.05 Å². The molecular formula is C10H20N2S. The summed E-state index contributed by atoms with van der Waals surface area (Å²) in [5.41, 5.74) is 0.207. The quantitative estimate of drug-likeness (QED) is 0.634. The first-order chi connectivity index (χ1) is 6.08. The van der Waals surface area contributed by atoms with Gasteiger partial charge >= 0.3 is 0 Å². The fraction of sp³-hybridized carbons (Fsp3) is 0.900. The minimum atomic E-state index is 0.207. The van der Waals surface area contributed by atoms with Gasteiger partial charge < -0.3 is 10.6 Å². The van der Waals surface area contributed by atoms with Gasteiger partial charge in [0, 0.05) is 12.6 Å². The molecule has 2 atom stereocenters. The Morgan fingerprint density at radius 3 is 2.69 bits per heavy atom. The van der Waals surface area contributed by atoms with Gasteiger partial charge in [-0.3, -0.25) is 0 Å². The molecule has 0 aromatic heterocycles. The van der Waals surface area contributed by atoms with Crippen molar-refractivity contribution in [3.05, 3.63) is 0 Å². The molecule has 0 aromatic carbocycles. The zero-order valence-electron chi connectivity index (χ0n) is 8.81. The van der Waals surface area contributed by atoms with Gasteiger partial charge in [-0.15, -0.1) is 0 Å². The molecule has 0 saturated heterocycles. The van der Waals surface area contributed by atoms with Gasteiger partial charge in [0.05, 0.1) is 0 Å². The van der Waals surface area contributed by atoms with Crippen LogP contribution in [-0.2, 0) is 0 Å². The Balaban J connectivity index is 2.56. The van der Waals surface area contributed by atoms with Crippen molar-refractivity contribution in [1.29, 1.82) is 0 Å². The minimum absolute atomic E-state index is 0.207. The minimum Gasteiger partial charge on any atom is -0.366 e. The Morgan fingerprint density at radius 2 is 2.15 bits per heavy atom. The second kappa shape index (κ2) is 4.27. The Hall–Kier alpha value is -0.310. The normalized spacial score (nSPS) is 33.9. The van der Waals surface area contributed by atoms with Crippen LogP contribution in [0.5, 0.6) is 0 Å². The fourth-order valence-corrected chi connectivity index (χ4v) is 2.25. The SMILES string of the molecule is CNC(=S)NC1(C)CCCCC1C. The van der Waals surface area contributed by atoms with Crippen LogP contribution in [0.15, 0.2) is 0 Å². The van der Waals surface area contributed by atoms with E-state index in [1.807, 2.05) is 7.05 Å². The maximum absolute atomic E-state index is 5.14. The summed E-state index contributed by atoms with van der Waals surface area (Å²) in [5.74, 6) is 0.715. The monoisotopic (exact) mass is 200 g/mol. The maximum atomic E-state index is 5.14. The highest BCUT2D eigenvalue weighted by atomic mass is 32.1. The Labute approximate surface area is 86.5 Å². The average Bonchev–Trinajstić information content (AvgIpc) is 2.10. The molecule has 1 rings (SSSR count). The summed E-state index contributed by atoms with van der Waals surface area (Å²) in [7, 11) is 1.87. The molecule has 0 bridgehead atoms. The zero-order chi connectivity index (χ0) is 9.90. The highest BCUT2D eigenvalue weighted by Crippen LogP contribution is 2.32. The summed E-state index contributed by atoms with van der Waals surface area (Å²) in [4.78, 5) is 0. The summed E-state index contributed by atoms with van der Waals surface area (Å²) in [6, 6.07) is 0. The van der Waals surface area contributed by atoms with E-state index in [0.29, 0.717) is 5.92 Å². The largest absolute Gasteiger partial charge is 0.366 e. The van der Waals surface area contributed by atoms with E-state index in [4.69, 9.17) is 12.2 Å². The van der Waals surface area contributed by atoms with Crippen LogP contribution in [-0.4, -0.2) is 17.7 Å². The third-order valence-corrected chi connectivity index (χ3v) is 3.60. The van der Waals surface area contributed by atoms with Gasteiger partial charge in [0.25, 0.3) is 0 Å². The van der Waals surface area contributed by atoms with Crippen molar-refractivity contribution < 1.29 is 0 Å². The standard InChI is InChI=1S/C10H20N2S/c1-8-6-4-5-7-10(8,2)12-9(13)11-3/h8H,4-7H2,1-3H3,(H2,11,12,13). The Morgan fingerprint density at radius 1 is 1.46 bits per heavy atom. The first-order valence-electron chi connectivity index (χ1n) is 5.08. The molecule has 2 unspecified atom stereocenters. The lowest BCUT2D eigenvalue weighted by Gasteiger charge is -2.41. The van der Waals surface area contributed by atoms with E-state index < -0.39 is 0 Å². The van der Waals surface area contributed by atoms with E-state index in [2.05, 4.69) is 24.5 Å². The van der Waals surface area contributed by atoms with Gasteiger partial charge in [-0.1, -0.05) is 19.8 Å². The van der Waals surface area contributed by atoms with Gasteiger partial charge in [-0.05, 0) is 37.9 Å². The first-order valence-corrected chi connectivity index (χ1v) is 5.49. The molecule has 0 aromatic rings. The number of rotatable bonds is 1. The summed E-state index contributed by atoms with van der Waals surface area (Å²) >= 11 is 5.14. The number of hydrogen-bond donors (Lipinski definition) is 2. The number of thiocarbonyl (C=S) groups is 1. The molecule has 1 aliphatic rings. The van der Waals surface area contributed by atoms with Crippen molar-refractivity contribution in [2.45, 2.75) is 45.1 Å². The van der Waals surface area contributed by atoms with Crippen LogP contribution in [0.25, 0.3) is 0 Å². The van der Waals surface area contributed by atoms with Gasteiger partial charge in [0.1, 0.15) is 0 Å². The first kappa shape index (κ1) is 10.8. The van der Waals surface area contributed by atoms with E-state index in [9.17, 15) is 0 Å². The van der Waals surface area contributed by atoms with Crippen molar-refractivity contribution in [2.24, 2.45) is 5.92 Å². The molecule has 3 heteroatoms. The van der Waals surface area contributed by atoms with Crippen LogP contribution in [0, 0.1) is 5.92 Å². The molecule has 0 aliphatic heterocycles. The third-order valence-electron chi connectivity index (χ3n) is 3.30. The molecule has 13 heavy (non-hydrogen) atoms. The maximum Gasteiger partial charge on any atom is 0.166 e. The Bertz CT molecular complexity index is 193. The van der Waals surface area contributed by atoms with E-state index >= 15 is 0 Å². The lowest BCUT2D eigenvalue weighted by atomic mass is 9.75. The van der Waals surface area contributed by atoms with E-state index in [1.54, 1.807) is 0 Å². The second-order valence-electron chi connectivity index (χ2n) is 4.27. The smallest absolute Gasteiger partial charge is 0.166 e. The lowest BCUT2D eigenvalue weighted by Crippen LogP contribution is -2.54. The van der Waals surface area contributed by atoms with Crippen LogP contribution in [0.4, 0.5) is 0 Å². The number of hydrogen-bond acceptors (Lipinski definition) is 1. The van der Waals surface area contributed by atoms with E-state index in [1.165, 1.54) is 25.7 Å². The van der Waals surface area contributed by atoms with Gasteiger partial charge in [0.2, 0.25) is 0 Å². The molecule has 76 valence electrons. The Kier molecular flexibility index (Phi) is 3.54. The topological polar surface area (TPSA) is 24.1 Å². The number of nitrogens with one attached hydrogen (secondary N) is 2. The van der Waals surface area contributed by atoms with Crippen LogP contribution in [0.1, 0.15) is 39.5 Å². The van der Waals surface area contributed by atoms with Gasteiger partial charge in [-0.2, -0.15) is 0 Å². The molecule has 0 heterocycles. The summed E-state index contributed by atoms with van der Waals surface area (Å²) in [6.07, 6.45) is 5.23. The van der Waals surface area contributed by atoms with Crippen molar-refractivity contribution in [3.8, 4) is 0 Å².